The van der Waals surface area contributed by atoms with Crippen LogP contribution < -0.4 is 11.3 Å². The second kappa shape index (κ2) is 2.97. The van der Waals surface area contributed by atoms with Crippen LogP contribution in [0.1, 0.15) is 19.9 Å². The highest BCUT2D eigenvalue weighted by molar-refractivity contribution is 5.35. The Morgan fingerprint density at radius 2 is 2.17 bits per heavy atom. The molecule has 0 atom stereocenters. The van der Waals surface area contributed by atoms with E-state index in [0.717, 1.165) is 0 Å². The Hall–Kier alpha value is -1.32. The summed E-state index contributed by atoms with van der Waals surface area (Å²) in [6.45, 7) is 3.66. The van der Waals surface area contributed by atoms with E-state index in [9.17, 15) is 9.18 Å². The van der Waals surface area contributed by atoms with E-state index in [1.165, 1.54) is 16.8 Å². The summed E-state index contributed by atoms with van der Waals surface area (Å²) in [6.07, 6.45) is 1.40. The number of hydrogen-bond acceptors (Lipinski definition) is 2. The molecule has 0 bridgehead atoms. The van der Waals surface area contributed by atoms with E-state index in [2.05, 4.69) is 0 Å². The van der Waals surface area contributed by atoms with E-state index in [4.69, 9.17) is 5.73 Å². The van der Waals surface area contributed by atoms with Gasteiger partial charge in [0.1, 0.15) is 5.69 Å². The fraction of sp³-hybridized carbons (Fsp3) is 0.375. The average Bonchev–Trinajstić information content (AvgIpc) is 2.00. The lowest BCUT2D eigenvalue weighted by molar-refractivity contribution is 0.561. The number of aromatic nitrogens is 1. The third kappa shape index (κ3) is 1.32. The zero-order valence-corrected chi connectivity index (χ0v) is 7.04. The van der Waals surface area contributed by atoms with Crippen LogP contribution in [0.5, 0.6) is 0 Å². The highest BCUT2D eigenvalue weighted by atomic mass is 19.1. The number of anilines is 1. The molecule has 0 unspecified atom stereocenters. The standard InChI is InChI=1S/C8H11FN2O/c1-5(2)11-4-3-6(9)7(10)8(11)12/h3-5H,10H2,1-2H3. The highest BCUT2D eigenvalue weighted by Gasteiger charge is 2.07. The summed E-state index contributed by atoms with van der Waals surface area (Å²) in [7, 11) is 0. The normalized spacial score (nSPS) is 10.7. The van der Waals surface area contributed by atoms with Gasteiger partial charge in [-0.3, -0.25) is 4.79 Å². The van der Waals surface area contributed by atoms with E-state index in [1.54, 1.807) is 0 Å². The first-order valence-electron chi connectivity index (χ1n) is 3.70. The van der Waals surface area contributed by atoms with Gasteiger partial charge < -0.3 is 10.3 Å². The summed E-state index contributed by atoms with van der Waals surface area (Å²) in [4.78, 5) is 11.2. The summed E-state index contributed by atoms with van der Waals surface area (Å²) in [5.41, 5.74) is 4.43. The zero-order chi connectivity index (χ0) is 9.30. The SMILES string of the molecule is CC(C)n1ccc(F)c(N)c1=O. The zero-order valence-electron chi connectivity index (χ0n) is 7.04. The quantitative estimate of drug-likeness (QED) is 0.687. The van der Waals surface area contributed by atoms with Crippen LogP contribution in [0.4, 0.5) is 10.1 Å². The molecule has 0 fully saturated rings. The molecule has 0 saturated carbocycles. The number of halogens is 1. The molecular weight excluding hydrogens is 159 g/mol. The Kier molecular flexibility index (Phi) is 2.17. The summed E-state index contributed by atoms with van der Waals surface area (Å²) in [5.74, 6) is -0.656. The number of rotatable bonds is 1. The summed E-state index contributed by atoms with van der Waals surface area (Å²) >= 11 is 0. The van der Waals surface area contributed by atoms with E-state index >= 15 is 0 Å². The molecular formula is C8H11FN2O. The van der Waals surface area contributed by atoms with Gasteiger partial charge in [0.2, 0.25) is 0 Å². The average molecular weight is 170 g/mol. The Labute approximate surface area is 69.6 Å². The molecule has 0 spiro atoms. The molecule has 12 heavy (non-hydrogen) atoms. The molecule has 0 aromatic carbocycles. The van der Waals surface area contributed by atoms with E-state index < -0.39 is 11.4 Å². The molecule has 3 nitrogen and oxygen atoms in total. The van der Waals surface area contributed by atoms with Gasteiger partial charge in [-0.15, -0.1) is 0 Å². The molecule has 1 rings (SSSR count). The first kappa shape index (κ1) is 8.77. The van der Waals surface area contributed by atoms with Gasteiger partial charge in [-0.25, -0.2) is 4.39 Å². The van der Waals surface area contributed by atoms with Crippen LogP contribution in [0.15, 0.2) is 17.1 Å². The van der Waals surface area contributed by atoms with Crippen molar-refractivity contribution < 1.29 is 4.39 Å². The van der Waals surface area contributed by atoms with Gasteiger partial charge in [0.15, 0.2) is 5.82 Å². The smallest absolute Gasteiger partial charge is 0.276 e. The third-order valence-electron chi connectivity index (χ3n) is 1.66. The Bertz CT molecular complexity index is 343. The molecule has 1 heterocycles. The van der Waals surface area contributed by atoms with Crippen molar-refractivity contribution in [2.24, 2.45) is 0 Å². The maximum absolute atomic E-state index is 12.7. The van der Waals surface area contributed by atoms with Crippen molar-refractivity contribution in [3.8, 4) is 0 Å². The fourth-order valence-electron chi connectivity index (χ4n) is 0.951. The molecule has 0 aliphatic heterocycles. The highest BCUT2D eigenvalue weighted by Crippen LogP contribution is 2.05. The van der Waals surface area contributed by atoms with Crippen molar-refractivity contribution in [1.82, 2.24) is 4.57 Å². The minimum atomic E-state index is -0.656. The van der Waals surface area contributed by atoms with Crippen molar-refractivity contribution in [3.63, 3.8) is 0 Å². The molecule has 0 radical (unpaired) electrons. The first-order chi connectivity index (χ1) is 5.54. The van der Waals surface area contributed by atoms with Crippen molar-refractivity contribution in [1.29, 1.82) is 0 Å². The van der Waals surface area contributed by atoms with Gasteiger partial charge in [0, 0.05) is 12.2 Å². The molecule has 2 N–H and O–H groups in total. The van der Waals surface area contributed by atoms with Gasteiger partial charge in [-0.2, -0.15) is 0 Å². The predicted octanol–water partition coefficient (Wildman–Crippen LogP) is 1.15. The Morgan fingerprint density at radius 1 is 1.58 bits per heavy atom. The second-order valence-electron chi connectivity index (χ2n) is 2.88. The Balaban J connectivity index is 3.37. The number of nitrogens with zero attached hydrogens (tertiary/aromatic N) is 1. The molecule has 4 heteroatoms. The van der Waals surface area contributed by atoms with Gasteiger partial charge in [0.25, 0.3) is 5.56 Å². The lowest BCUT2D eigenvalue weighted by Crippen LogP contribution is -2.24. The largest absolute Gasteiger partial charge is 0.392 e. The molecule has 1 aromatic rings. The minimum absolute atomic E-state index is 0.000370. The van der Waals surface area contributed by atoms with Gasteiger partial charge in [0.05, 0.1) is 0 Å². The van der Waals surface area contributed by atoms with E-state index in [-0.39, 0.29) is 11.7 Å². The van der Waals surface area contributed by atoms with Crippen LogP contribution in [0.25, 0.3) is 0 Å². The topological polar surface area (TPSA) is 48.0 Å². The molecule has 1 aromatic heterocycles. The Morgan fingerprint density at radius 3 is 2.67 bits per heavy atom. The molecule has 66 valence electrons. The molecule has 0 amide bonds. The lowest BCUT2D eigenvalue weighted by Gasteiger charge is -2.09. The van der Waals surface area contributed by atoms with Crippen molar-refractivity contribution in [2.75, 3.05) is 5.73 Å². The van der Waals surface area contributed by atoms with Crippen LogP contribution in [-0.4, -0.2) is 4.57 Å². The number of nitrogen functional groups attached to an aromatic ring is 1. The second-order valence-corrected chi connectivity index (χ2v) is 2.88. The van der Waals surface area contributed by atoms with Gasteiger partial charge >= 0.3 is 0 Å². The molecule has 0 aliphatic rings. The van der Waals surface area contributed by atoms with Crippen molar-refractivity contribution >= 4 is 5.69 Å². The number of pyridine rings is 1. The van der Waals surface area contributed by atoms with Crippen molar-refractivity contribution in [3.05, 3.63) is 28.4 Å². The summed E-state index contributed by atoms with van der Waals surface area (Å²) in [5, 5.41) is 0. The van der Waals surface area contributed by atoms with Crippen molar-refractivity contribution in [2.45, 2.75) is 19.9 Å². The van der Waals surface area contributed by atoms with Crippen LogP contribution >= 0.6 is 0 Å². The van der Waals surface area contributed by atoms with Crippen LogP contribution in [-0.2, 0) is 0 Å². The lowest BCUT2D eigenvalue weighted by atomic mass is 10.3. The van der Waals surface area contributed by atoms with E-state index in [1.807, 2.05) is 13.8 Å². The molecule has 0 aliphatic carbocycles. The fourth-order valence-corrected chi connectivity index (χ4v) is 0.951. The molecule has 0 saturated heterocycles. The van der Waals surface area contributed by atoms with Crippen LogP contribution in [0, 0.1) is 5.82 Å². The van der Waals surface area contributed by atoms with Gasteiger partial charge in [-0.05, 0) is 19.9 Å². The predicted molar refractivity (Wildman–Crippen MR) is 45.5 cm³/mol. The van der Waals surface area contributed by atoms with E-state index in [0.29, 0.717) is 0 Å². The minimum Gasteiger partial charge on any atom is -0.392 e. The number of nitrogens with two attached hydrogens (primary N) is 1. The first-order valence-corrected chi connectivity index (χ1v) is 3.70. The maximum atomic E-state index is 12.7. The number of hydrogen-bond donors (Lipinski definition) is 1. The monoisotopic (exact) mass is 170 g/mol. The third-order valence-corrected chi connectivity index (χ3v) is 1.66. The van der Waals surface area contributed by atoms with Crippen LogP contribution in [0.3, 0.4) is 0 Å². The summed E-state index contributed by atoms with van der Waals surface area (Å²) in [6, 6.07) is 1.19. The van der Waals surface area contributed by atoms with Gasteiger partial charge in [-0.1, -0.05) is 0 Å². The summed E-state index contributed by atoms with van der Waals surface area (Å²) < 4.78 is 14.1. The maximum Gasteiger partial charge on any atom is 0.276 e. The van der Waals surface area contributed by atoms with Crippen LogP contribution in [0.2, 0.25) is 0 Å².